The Morgan fingerprint density at radius 3 is 1.10 bits per heavy atom. The Balaban J connectivity index is 0.610. The highest BCUT2D eigenvalue weighted by Crippen LogP contribution is 2.34. The molecule has 0 saturated carbocycles. The maximum absolute atomic E-state index is 14.0. The third-order valence-corrected chi connectivity index (χ3v) is 21.2. The zero-order chi connectivity index (χ0) is 97.6. The predicted molar refractivity (Wildman–Crippen MR) is 506 cm³/mol. The van der Waals surface area contributed by atoms with Crippen molar-refractivity contribution in [3.8, 4) is 17.6 Å². The number of H-pyrrole nitrogens is 2. The normalized spacial score (nSPS) is 12.7. The monoisotopic (exact) mass is 1940 g/mol. The third-order valence-electron chi connectivity index (χ3n) is 21.2. The van der Waals surface area contributed by atoms with Crippen molar-refractivity contribution in [3.05, 3.63) is 137 Å². The molecule has 1 unspecified atom stereocenters. The van der Waals surface area contributed by atoms with Crippen LogP contribution in [0.15, 0.2) is 103 Å². The van der Waals surface area contributed by atoms with Crippen LogP contribution in [0.25, 0.3) is 22.3 Å². The predicted octanol–water partition coefficient (Wildman–Crippen LogP) is 5.26. The van der Waals surface area contributed by atoms with Crippen molar-refractivity contribution in [3.63, 3.8) is 0 Å². The van der Waals surface area contributed by atoms with Gasteiger partial charge in [0.1, 0.15) is 31.3 Å². The molecular weight excluding hydrogens is 1810 g/mol. The number of anilines is 3. The van der Waals surface area contributed by atoms with Crippen LogP contribution in [0.5, 0.6) is 17.6 Å². The molecule has 2 aliphatic heterocycles. The minimum atomic E-state index is -1.23. The molecule has 0 spiro atoms. The van der Waals surface area contributed by atoms with Gasteiger partial charge < -0.3 is 139 Å². The number of imide groups is 1. The molecule has 1 atom stereocenters. The zero-order valence-corrected chi connectivity index (χ0v) is 78.8. The van der Waals surface area contributed by atoms with E-state index in [0.717, 1.165) is 39.1 Å². The lowest BCUT2D eigenvalue weighted by Crippen LogP contribution is -2.53. The third kappa shape index (κ3) is 43.9. The summed E-state index contributed by atoms with van der Waals surface area (Å²) >= 11 is 0. The lowest BCUT2D eigenvalue weighted by Gasteiger charge is -2.35. The molecule has 0 radical (unpaired) electrons. The van der Waals surface area contributed by atoms with Gasteiger partial charge in [-0.2, -0.15) is 24.9 Å². The lowest BCUT2D eigenvalue weighted by molar-refractivity contribution is -0.137. The molecular formula is C94H132N20O25. The van der Waals surface area contributed by atoms with Gasteiger partial charge >= 0.3 is 6.03 Å². The molecule has 45 heteroatoms. The van der Waals surface area contributed by atoms with Crippen LogP contribution in [0.4, 0.5) is 28.3 Å². The summed E-state index contributed by atoms with van der Waals surface area (Å²) in [7, 11) is 0. The second-order valence-electron chi connectivity index (χ2n) is 31.8. The summed E-state index contributed by atoms with van der Waals surface area (Å²) in [5.41, 5.74) is 25.4. The fraction of sp³-hybridized carbons (Fsp3) is 0.553. The summed E-state index contributed by atoms with van der Waals surface area (Å²) < 4.78 is 104. The second-order valence-corrected chi connectivity index (χ2v) is 31.8. The number of unbranched alkanes of at least 4 members (excludes halogenated alkanes) is 2. The Labute approximate surface area is 806 Å². The van der Waals surface area contributed by atoms with Crippen LogP contribution in [-0.4, -0.2) is 319 Å². The summed E-state index contributed by atoms with van der Waals surface area (Å²) in [6, 6.07) is 22.9. The molecule has 8 aromatic rings. The van der Waals surface area contributed by atoms with Crippen LogP contribution in [-0.2, 0) is 146 Å². The number of amides is 7. The van der Waals surface area contributed by atoms with Crippen molar-refractivity contribution in [2.45, 2.75) is 129 Å². The maximum atomic E-state index is 14.0. The first-order chi connectivity index (χ1) is 68.1. The Morgan fingerprint density at radius 2 is 0.691 bits per heavy atom. The molecule has 7 heterocycles. The number of ether oxygens (including phenoxy) is 18. The van der Waals surface area contributed by atoms with E-state index in [0.29, 0.717) is 223 Å². The number of aromatic amines is 2. The van der Waals surface area contributed by atoms with E-state index in [1.807, 2.05) is 72.8 Å². The van der Waals surface area contributed by atoms with Gasteiger partial charge in [-0.05, 0) is 71.9 Å². The number of ketones is 1. The van der Waals surface area contributed by atoms with Crippen LogP contribution < -0.4 is 58.0 Å². The molecule has 0 fully saturated rings. The average molecular weight is 1940 g/mol. The van der Waals surface area contributed by atoms with E-state index in [4.69, 9.17) is 102 Å². The number of fused-ring (bicyclic) bond motifs is 3. The summed E-state index contributed by atoms with van der Waals surface area (Å²) in [5.74, 6) is -0.260. The fourth-order valence-electron chi connectivity index (χ4n) is 13.8. The number of hydrogen-bond acceptors (Lipinski definition) is 37. The van der Waals surface area contributed by atoms with Crippen molar-refractivity contribution < 1.29 is 119 Å². The Morgan fingerprint density at radius 1 is 0.353 bits per heavy atom. The molecule has 758 valence electrons. The minimum absolute atomic E-state index is 0.0142. The van der Waals surface area contributed by atoms with Gasteiger partial charge in [0.25, 0.3) is 11.8 Å². The van der Waals surface area contributed by atoms with Gasteiger partial charge in [0, 0.05) is 102 Å². The molecule has 139 heavy (non-hydrogen) atoms. The molecule has 45 nitrogen and oxygen atoms in total. The number of hydrogen-bond donors (Lipinski definition) is 10. The quantitative estimate of drug-likeness (QED) is 0.0172. The molecule has 13 N–H and O–H groups in total. The van der Waals surface area contributed by atoms with Crippen molar-refractivity contribution in [2.24, 2.45) is 4.99 Å². The Kier molecular flexibility index (Phi) is 50.9. The number of aliphatic imine (C=N–C) groups is 1. The first-order valence-electron chi connectivity index (χ1n) is 46.9. The van der Waals surface area contributed by atoms with Gasteiger partial charge in [0.05, 0.1) is 210 Å². The number of nitrogens with two attached hydrogens (primary N) is 3. The SMILES string of the molecule is Nc1nc2c(c(OCc3ccc(COCCOCCOCCOCCNC(=O)CCC(CCC(=O)CCCOCCOCCOCCOCc4ccc(COc5nc(N)nc6[nH]cnc56)cc4)(CCC(=O)NCCOCCOCCOCCOCc4ccc(COc5nc(N)nc6[nH]cnc56)cc4)NC(=O)NCCOCCOCCOCCNC(=O)CCCCCN4C(=O)C=CC4=O)cc3)n1)N=CC2. The molecule has 0 saturated heterocycles. The molecule has 3 aromatic carbocycles. The molecule has 7 amide bonds. The number of rotatable bonds is 80. The number of benzene rings is 3. The van der Waals surface area contributed by atoms with Gasteiger partial charge in [0.2, 0.25) is 53.2 Å². The standard InChI is InChI=1S/C94H132N20O25/c95-90-107-76-24-28-101-82(76)87(110-90)137-64-72-13-7-69(8-14-72)61-134-59-56-132-53-50-129-46-41-124-36-30-99-78(117)22-26-94(113-93(121)102-32-38-126-43-48-128-45-40-123-35-29-98-77(116)6-2-1-3-33-114-80(119)19-20-81(114)120,25-21-75(115)5-4-34-122-39-44-127-49-52-131-55-58-135-62-70-9-15-73(16-10-70)65-138-88-83-85(105-67-103-83)108-91(96)111-88)27-23-79(118)100-31-37-125-42-47-130-51-54-133-57-60-136-63-71-11-17-74(18-12-71)66-139-89-84-86(106-68-104-84)109-92(97)112-89/h7-20,28,67-68H,1-6,21-27,29-66H2,(H,98,116)(H,99,117)(H,100,118)(H2,95,107,110)(H2,102,113,121)(H3,96,103,105,108,111)(H3,97,104,106,109,112). The highest BCUT2D eigenvalue weighted by atomic mass is 16.6. The van der Waals surface area contributed by atoms with E-state index < -0.39 is 11.6 Å². The number of urea groups is 1. The van der Waals surface area contributed by atoms with Gasteiger partial charge in [-0.15, -0.1) is 0 Å². The van der Waals surface area contributed by atoms with Crippen LogP contribution in [0.2, 0.25) is 0 Å². The highest BCUT2D eigenvalue weighted by molar-refractivity contribution is 6.12. The Bertz CT molecular complexity index is 4800. The van der Waals surface area contributed by atoms with Crippen LogP contribution in [0.3, 0.4) is 0 Å². The second kappa shape index (κ2) is 65.0. The van der Waals surface area contributed by atoms with Crippen LogP contribution in [0, 0.1) is 0 Å². The average Bonchev–Trinajstić information content (AvgIpc) is 1.70. The lowest BCUT2D eigenvalue weighted by atomic mass is 9.82. The van der Waals surface area contributed by atoms with Crippen molar-refractivity contribution in [1.82, 2.24) is 81.3 Å². The maximum Gasteiger partial charge on any atom is 0.315 e. The molecule has 0 bridgehead atoms. The summed E-state index contributed by atoms with van der Waals surface area (Å²) in [4.78, 5) is 136. The van der Waals surface area contributed by atoms with Crippen molar-refractivity contribution in [2.75, 3.05) is 228 Å². The fourth-order valence-corrected chi connectivity index (χ4v) is 13.8. The topological polar surface area (TPSA) is 574 Å². The number of nitrogen functional groups attached to an aromatic ring is 3. The first kappa shape index (κ1) is 109. The van der Waals surface area contributed by atoms with Gasteiger partial charge in [-0.25, -0.2) is 19.7 Å². The van der Waals surface area contributed by atoms with Gasteiger partial charge in [-0.3, -0.25) is 38.7 Å². The molecule has 5 aromatic heterocycles. The van der Waals surface area contributed by atoms with E-state index in [2.05, 4.69) is 81.4 Å². The number of carbonyl (C=O) groups is 7. The van der Waals surface area contributed by atoms with E-state index >= 15 is 0 Å². The Hall–Kier alpha value is -12.1. The minimum Gasteiger partial charge on any atom is -0.471 e. The van der Waals surface area contributed by atoms with E-state index in [1.165, 1.54) is 29.7 Å². The number of carbonyl (C=O) groups excluding carboxylic acids is 7. The van der Waals surface area contributed by atoms with Gasteiger partial charge in [0.15, 0.2) is 22.3 Å². The first-order valence-corrected chi connectivity index (χ1v) is 46.9. The van der Waals surface area contributed by atoms with Crippen molar-refractivity contribution in [1.29, 1.82) is 0 Å². The van der Waals surface area contributed by atoms with Gasteiger partial charge in [-0.1, -0.05) is 79.2 Å². The largest absolute Gasteiger partial charge is 0.471 e. The van der Waals surface area contributed by atoms with Crippen LogP contribution >= 0.6 is 0 Å². The number of imidazole rings is 2. The zero-order valence-electron chi connectivity index (χ0n) is 78.8. The summed E-state index contributed by atoms with van der Waals surface area (Å²) in [5, 5.41) is 14.5. The van der Waals surface area contributed by atoms with Crippen LogP contribution in [0.1, 0.15) is 116 Å². The van der Waals surface area contributed by atoms with E-state index in [-0.39, 0.29) is 210 Å². The molecule has 2 aliphatic rings. The van der Waals surface area contributed by atoms with E-state index in [1.54, 1.807) is 6.21 Å². The summed E-state index contributed by atoms with van der Waals surface area (Å²) in [6.07, 6.45) is 10.8. The number of Topliss-reactive ketones (excluding diaryl/α,β-unsaturated/α-hetero) is 1. The number of nitrogens with zero attached hydrogens (tertiary/aromatic N) is 10. The highest BCUT2D eigenvalue weighted by Gasteiger charge is 2.34. The summed E-state index contributed by atoms with van der Waals surface area (Å²) in [6.45, 7) is 11.2. The van der Waals surface area contributed by atoms with E-state index in [9.17, 15) is 33.6 Å². The number of aromatic nitrogens is 10. The van der Waals surface area contributed by atoms with Crippen molar-refractivity contribution >= 4 is 93.4 Å². The molecule has 10 rings (SSSR count). The smallest absolute Gasteiger partial charge is 0.315 e. The molecule has 0 aliphatic carbocycles. The number of nitrogens with one attached hydrogen (secondary N) is 7.